The average molecular weight is 252 g/mol. The molecule has 2 rings (SSSR count). The summed E-state index contributed by atoms with van der Waals surface area (Å²) in [6.45, 7) is 10.6. The van der Waals surface area contributed by atoms with Crippen LogP contribution in [0.15, 0.2) is 0 Å². The predicted molar refractivity (Wildman–Crippen MR) is 74.3 cm³/mol. The minimum atomic E-state index is 0.301. The van der Waals surface area contributed by atoms with Crippen LogP contribution in [0.4, 0.5) is 0 Å². The van der Waals surface area contributed by atoms with Gasteiger partial charge in [0.2, 0.25) is 5.91 Å². The van der Waals surface area contributed by atoms with Gasteiger partial charge in [-0.2, -0.15) is 0 Å². The van der Waals surface area contributed by atoms with Gasteiger partial charge in [0.25, 0.3) is 0 Å². The fourth-order valence-electron chi connectivity index (χ4n) is 3.49. The summed E-state index contributed by atoms with van der Waals surface area (Å²) in [6.07, 6.45) is 3.68. The fraction of sp³-hybridized carbons (Fsp3) is 0.933. The van der Waals surface area contributed by atoms with E-state index in [2.05, 4.69) is 37.9 Å². The summed E-state index contributed by atoms with van der Waals surface area (Å²) in [5.74, 6) is 2.40. The first-order valence-electron chi connectivity index (χ1n) is 7.52. The predicted octanol–water partition coefficient (Wildman–Crippen LogP) is 2.27. The number of hydrogen-bond acceptors (Lipinski definition) is 2. The van der Waals surface area contributed by atoms with E-state index in [-0.39, 0.29) is 0 Å². The maximum atomic E-state index is 12.0. The monoisotopic (exact) mass is 252 g/mol. The van der Waals surface area contributed by atoms with Gasteiger partial charge in [-0.3, -0.25) is 9.69 Å². The Hall–Kier alpha value is -0.570. The molecular formula is C15H28N2O. The maximum Gasteiger partial charge on any atom is 0.223 e. The van der Waals surface area contributed by atoms with Crippen molar-refractivity contribution in [3.8, 4) is 0 Å². The van der Waals surface area contributed by atoms with Gasteiger partial charge in [0.05, 0.1) is 0 Å². The number of carbonyl (C=O) groups excluding carboxylic acids is 1. The zero-order chi connectivity index (χ0) is 13.3. The molecule has 18 heavy (non-hydrogen) atoms. The van der Waals surface area contributed by atoms with E-state index >= 15 is 0 Å². The lowest BCUT2D eigenvalue weighted by Crippen LogP contribution is -2.43. The number of carbonyl (C=O) groups is 1. The average Bonchev–Trinajstić information content (AvgIpc) is 2.90. The van der Waals surface area contributed by atoms with Crippen LogP contribution >= 0.6 is 0 Å². The molecular weight excluding hydrogens is 224 g/mol. The van der Waals surface area contributed by atoms with E-state index in [0.717, 1.165) is 37.8 Å². The van der Waals surface area contributed by atoms with Gasteiger partial charge >= 0.3 is 0 Å². The largest absolute Gasteiger partial charge is 0.355 e. The van der Waals surface area contributed by atoms with Gasteiger partial charge in [0, 0.05) is 31.1 Å². The fourth-order valence-corrected chi connectivity index (χ4v) is 3.49. The normalized spacial score (nSPS) is 30.1. The van der Waals surface area contributed by atoms with Crippen LogP contribution in [0.25, 0.3) is 0 Å². The van der Waals surface area contributed by atoms with Gasteiger partial charge in [-0.1, -0.05) is 0 Å². The molecule has 0 heterocycles. The molecule has 0 aliphatic heterocycles. The molecule has 2 unspecified atom stereocenters. The van der Waals surface area contributed by atoms with Crippen molar-refractivity contribution in [1.82, 2.24) is 10.2 Å². The number of nitrogens with one attached hydrogen (secondary N) is 1. The van der Waals surface area contributed by atoms with Crippen LogP contribution in [0.5, 0.6) is 0 Å². The molecule has 1 amide bonds. The topological polar surface area (TPSA) is 32.3 Å². The van der Waals surface area contributed by atoms with Crippen molar-refractivity contribution in [2.45, 2.75) is 59.0 Å². The van der Waals surface area contributed by atoms with E-state index in [1.54, 1.807) is 0 Å². The minimum absolute atomic E-state index is 0.301. The number of rotatable bonds is 6. The summed E-state index contributed by atoms with van der Waals surface area (Å²) in [5.41, 5.74) is 0. The number of hydrogen-bond donors (Lipinski definition) is 1. The summed E-state index contributed by atoms with van der Waals surface area (Å²) in [5, 5.41) is 3.13. The molecule has 2 atom stereocenters. The van der Waals surface area contributed by atoms with Crippen molar-refractivity contribution in [2.24, 2.45) is 17.8 Å². The highest BCUT2D eigenvalue weighted by Crippen LogP contribution is 2.54. The Kier molecular flexibility index (Phi) is 4.31. The molecule has 0 saturated heterocycles. The molecule has 0 bridgehead atoms. The lowest BCUT2D eigenvalue weighted by Gasteiger charge is -2.30. The Labute approximate surface area is 111 Å². The Morgan fingerprint density at radius 2 is 1.67 bits per heavy atom. The highest BCUT2D eigenvalue weighted by molar-refractivity contribution is 5.79. The lowest BCUT2D eigenvalue weighted by atomic mass is 10.0. The van der Waals surface area contributed by atoms with E-state index in [0.29, 0.717) is 23.9 Å². The van der Waals surface area contributed by atoms with Crippen molar-refractivity contribution in [2.75, 3.05) is 13.1 Å². The summed E-state index contributed by atoms with van der Waals surface area (Å²) < 4.78 is 0. The molecule has 0 aromatic rings. The van der Waals surface area contributed by atoms with Crippen LogP contribution in [0.1, 0.15) is 47.0 Å². The molecule has 1 N–H and O–H groups in total. The van der Waals surface area contributed by atoms with Crippen molar-refractivity contribution in [1.29, 1.82) is 0 Å². The third-order valence-corrected chi connectivity index (χ3v) is 4.61. The first-order chi connectivity index (χ1) is 8.49. The number of amides is 1. The summed E-state index contributed by atoms with van der Waals surface area (Å²) in [7, 11) is 0. The molecule has 104 valence electrons. The third-order valence-electron chi connectivity index (χ3n) is 4.61. The van der Waals surface area contributed by atoms with E-state index in [1.165, 1.54) is 6.42 Å². The Balaban J connectivity index is 1.66. The second-order valence-electron chi connectivity index (χ2n) is 6.64. The van der Waals surface area contributed by atoms with Crippen molar-refractivity contribution in [3.05, 3.63) is 0 Å². The molecule has 3 nitrogen and oxygen atoms in total. The molecule has 2 aliphatic rings. The van der Waals surface area contributed by atoms with Gasteiger partial charge < -0.3 is 5.32 Å². The van der Waals surface area contributed by atoms with E-state index in [9.17, 15) is 4.79 Å². The molecule has 2 aliphatic carbocycles. The van der Waals surface area contributed by atoms with Crippen LogP contribution in [-0.4, -0.2) is 36.0 Å². The molecule has 3 heteroatoms. The second kappa shape index (κ2) is 5.60. The summed E-state index contributed by atoms with van der Waals surface area (Å²) in [4.78, 5) is 14.4. The van der Waals surface area contributed by atoms with Crippen molar-refractivity contribution >= 4 is 5.91 Å². The standard InChI is InChI=1S/C15H28N2O/c1-10(2)17(11(3)4)6-5-16-15(18)14-8-12-7-13(12)9-14/h10-14H,5-9H2,1-4H3,(H,16,18). The Morgan fingerprint density at radius 1 is 1.11 bits per heavy atom. The zero-order valence-corrected chi connectivity index (χ0v) is 12.3. The van der Waals surface area contributed by atoms with Crippen LogP contribution in [0, 0.1) is 17.8 Å². The van der Waals surface area contributed by atoms with E-state index < -0.39 is 0 Å². The third kappa shape index (κ3) is 3.25. The van der Waals surface area contributed by atoms with Crippen LogP contribution < -0.4 is 5.32 Å². The van der Waals surface area contributed by atoms with Gasteiger partial charge in [-0.25, -0.2) is 0 Å². The first-order valence-corrected chi connectivity index (χ1v) is 7.52. The van der Waals surface area contributed by atoms with Crippen molar-refractivity contribution < 1.29 is 4.79 Å². The molecule has 0 aromatic heterocycles. The van der Waals surface area contributed by atoms with E-state index in [1.807, 2.05) is 0 Å². The second-order valence-corrected chi connectivity index (χ2v) is 6.64. The molecule has 0 aromatic carbocycles. The highest BCUT2D eigenvalue weighted by atomic mass is 16.1. The lowest BCUT2D eigenvalue weighted by molar-refractivity contribution is -0.125. The Morgan fingerprint density at radius 3 is 2.17 bits per heavy atom. The summed E-state index contributed by atoms with van der Waals surface area (Å²) >= 11 is 0. The van der Waals surface area contributed by atoms with Gasteiger partial charge in [0.1, 0.15) is 0 Å². The van der Waals surface area contributed by atoms with Gasteiger partial charge in [0.15, 0.2) is 0 Å². The number of fused-ring (bicyclic) bond motifs is 1. The van der Waals surface area contributed by atoms with Crippen LogP contribution in [0.2, 0.25) is 0 Å². The van der Waals surface area contributed by atoms with Crippen LogP contribution in [-0.2, 0) is 4.79 Å². The van der Waals surface area contributed by atoms with E-state index in [4.69, 9.17) is 0 Å². The number of nitrogens with zero attached hydrogens (tertiary/aromatic N) is 1. The molecule has 2 saturated carbocycles. The van der Waals surface area contributed by atoms with Crippen molar-refractivity contribution in [3.63, 3.8) is 0 Å². The SMILES string of the molecule is CC(C)N(CCNC(=O)C1CC2CC2C1)C(C)C. The molecule has 2 fully saturated rings. The molecule has 0 radical (unpaired) electrons. The van der Waals surface area contributed by atoms with Gasteiger partial charge in [-0.05, 0) is 58.8 Å². The molecule has 0 spiro atoms. The maximum absolute atomic E-state index is 12.0. The Bertz CT molecular complexity index is 283. The minimum Gasteiger partial charge on any atom is -0.355 e. The first kappa shape index (κ1) is 13.9. The zero-order valence-electron chi connectivity index (χ0n) is 12.3. The quantitative estimate of drug-likeness (QED) is 0.786. The highest BCUT2D eigenvalue weighted by Gasteiger charge is 2.47. The smallest absolute Gasteiger partial charge is 0.223 e. The van der Waals surface area contributed by atoms with Gasteiger partial charge in [-0.15, -0.1) is 0 Å². The summed E-state index contributed by atoms with van der Waals surface area (Å²) in [6, 6.07) is 1.09. The van der Waals surface area contributed by atoms with Crippen LogP contribution in [0.3, 0.4) is 0 Å².